The number of hydrogen-bond acceptors (Lipinski definition) is 5. The lowest BCUT2D eigenvalue weighted by Gasteiger charge is -2.41. The highest BCUT2D eigenvalue weighted by molar-refractivity contribution is 7.89. The van der Waals surface area contributed by atoms with Gasteiger partial charge in [-0.2, -0.15) is 0 Å². The van der Waals surface area contributed by atoms with Crippen LogP contribution < -0.4 is 10.0 Å². The van der Waals surface area contributed by atoms with E-state index in [-0.39, 0.29) is 11.4 Å². The Kier molecular flexibility index (Phi) is 5.53. The zero-order valence-electron chi connectivity index (χ0n) is 16.4. The number of nitrogens with one attached hydrogen (secondary N) is 2. The van der Waals surface area contributed by atoms with Gasteiger partial charge in [0.2, 0.25) is 10.0 Å². The van der Waals surface area contributed by atoms with Crippen LogP contribution in [0.15, 0.2) is 66.6 Å². The van der Waals surface area contributed by atoms with Crippen LogP contribution in [-0.2, 0) is 16.6 Å². The summed E-state index contributed by atoms with van der Waals surface area (Å²) in [7, 11) is -3.74. The van der Waals surface area contributed by atoms with Crippen molar-refractivity contribution in [2.45, 2.75) is 42.7 Å². The van der Waals surface area contributed by atoms with Crippen LogP contribution in [0.5, 0.6) is 0 Å². The van der Waals surface area contributed by atoms with Crippen molar-refractivity contribution in [1.29, 1.82) is 0 Å². The van der Waals surface area contributed by atoms with E-state index in [2.05, 4.69) is 26.6 Å². The summed E-state index contributed by atoms with van der Waals surface area (Å²) in [4.78, 5) is 8.10. The normalized spacial score (nSPS) is 15.5. The van der Waals surface area contributed by atoms with E-state index in [0.29, 0.717) is 28.4 Å². The molecule has 0 radical (unpaired) electrons. The molecule has 30 heavy (non-hydrogen) atoms. The van der Waals surface area contributed by atoms with E-state index in [0.717, 1.165) is 25.5 Å². The number of benzene rings is 1. The number of nitrogens with zero attached hydrogens (tertiary/aromatic N) is 2. The zero-order chi connectivity index (χ0) is 21.2. The van der Waals surface area contributed by atoms with Crippen molar-refractivity contribution in [2.75, 3.05) is 5.32 Å². The summed E-state index contributed by atoms with van der Waals surface area (Å²) >= 11 is 0. The molecule has 6 nitrogen and oxygen atoms in total. The Morgan fingerprint density at radius 1 is 1.10 bits per heavy atom. The quantitative estimate of drug-likeness (QED) is 0.529. The lowest BCUT2D eigenvalue weighted by atomic mass is 9.75. The fraction of sp³-hybridized carbons (Fsp3) is 0.273. The Balaban J connectivity index is 1.67. The van der Waals surface area contributed by atoms with Crippen LogP contribution in [0, 0.1) is 5.82 Å². The molecule has 8 heteroatoms. The van der Waals surface area contributed by atoms with Crippen molar-refractivity contribution in [3.63, 3.8) is 0 Å². The maximum atomic E-state index is 13.9. The number of pyridine rings is 2. The van der Waals surface area contributed by atoms with Crippen molar-refractivity contribution in [3.8, 4) is 0 Å². The van der Waals surface area contributed by atoms with Crippen LogP contribution in [0.3, 0.4) is 0 Å². The van der Waals surface area contributed by atoms with Crippen molar-refractivity contribution in [3.05, 3.63) is 73.1 Å². The Morgan fingerprint density at radius 2 is 1.87 bits per heavy atom. The van der Waals surface area contributed by atoms with Gasteiger partial charge in [-0.25, -0.2) is 17.5 Å². The van der Waals surface area contributed by atoms with E-state index in [9.17, 15) is 12.8 Å². The van der Waals surface area contributed by atoms with Crippen molar-refractivity contribution < 1.29 is 12.8 Å². The Bertz CT molecular complexity index is 1190. The molecule has 156 valence electrons. The summed E-state index contributed by atoms with van der Waals surface area (Å²) in [6, 6.07) is 6.56. The SMILES string of the molecule is C=CCC1(NS(=O)(=O)c2ccc(NCc3ccncc3F)c3cnccc23)CCC1. The highest BCUT2D eigenvalue weighted by Crippen LogP contribution is 2.38. The minimum Gasteiger partial charge on any atom is -0.380 e. The molecule has 2 heterocycles. The van der Waals surface area contributed by atoms with E-state index < -0.39 is 21.4 Å². The molecule has 3 aromatic rings. The summed E-state index contributed by atoms with van der Waals surface area (Å²) in [6.45, 7) is 4.00. The molecule has 2 aromatic heterocycles. The number of fused-ring (bicyclic) bond motifs is 1. The predicted molar refractivity (Wildman–Crippen MR) is 115 cm³/mol. The third-order valence-corrected chi connectivity index (χ3v) is 7.23. The van der Waals surface area contributed by atoms with Gasteiger partial charge in [0.1, 0.15) is 5.82 Å². The van der Waals surface area contributed by atoms with Crippen molar-refractivity contribution in [1.82, 2.24) is 14.7 Å². The third kappa shape index (κ3) is 3.93. The van der Waals surface area contributed by atoms with Crippen molar-refractivity contribution in [2.24, 2.45) is 0 Å². The summed E-state index contributed by atoms with van der Waals surface area (Å²) in [5, 5.41) is 4.39. The second-order valence-corrected chi connectivity index (χ2v) is 9.24. The summed E-state index contributed by atoms with van der Waals surface area (Å²) < 4.78 is 43.2. The number of aromatic nitrogens is 2. The number of anilines is 1. The Hall–Kier alpha value is -2.84. The Labute approximate surface area is 175 Å². The molecule has 0 atom stereocenters. The van der Waals surface area contributed by atoms with E-state index in [1.165, 1.54) is 6.20 Å². The highest BCUT2D eigenvalue weighted by Gasteiger charge is 2.40. The van der Waals surface area contributed by atoms with Gasteiger partial charge in [-0.3, -0.25) is 9.97 Å². The van der Waals surface area contributed by atoms with Crippen LogP contribution >= 0.6 is 0 Å². The van der Waals surface area contributed by atoms with Gasteiger partial charge >= 0.3 is 0 Å². The van der Waals surface area contributed by atoms with Crippen LogP contribution in [-0.4, -0.2) is 23.9 Å². The maximum Gasteiger partial charge on any atom is 0.241 e. The minimum atomic E-state index is -3.74. The molecule has 1 saturated carbocycles. The average molecular weight is 427 g/mol. The first-order valence-corrected chi connectivity index (χ1v) is 11.3. The van der Waals surface area contributed by atoms with E-state index in [1.54, 1.807) is 42.7 Å². The zero-order valence-corrected chi connectivity index (χ0v) is 17.3. The van der Waals surface area contributed by atoms with Gasteiger partial charge < -0.3 is 5.32 Å². The standard InChI is InChI=1S/C22H23FN4O2S/c1-2-8-22(9-3-10-22)27-30(28,29)21-5-4-20(18-14-24-12-7-17(18)21)26-13-16-6-11-25-15-19(16)23/h2,4-7,11-12,14-15,26-27H,1,3,8-10,13H2. The molecule has 1 fully saturated rings. The maximum absolute atomic E-state index is 13.9. The fourth-order valence-electron chi connectivity index (χ4n) is 3.86. The number of rotatable bonds is 8. The number of sulfonamides is 1. The molecular formula is C22H23FN4O2S. The molecule has 1 aliphatic carbocycles. The summed E-state index contributed by atoms with van der Waals surface area (Å²) in [5.41, 5.74) is 0.699. The number of halogens is 1. The highest BCUT2D eigenvalue weighted by atomic mass is 32.2. The van der Waals surface area contributed by atoms with Gasteiger partial charge in [-0.15, -0.1) is 6.58 Å². The van der Waals surface area contributed by atoms with E-state index >= 15 is 0 Å². The molecule has 0 saturated heterocycles. The van der Waals surface area contributed by atoms with Gasteiger partial charge in [-0.1, -0.05) is 6.08 Å². The van der Waals surface area contributed by atoms with Gasteiger partial charge in [0.25, 0.3) is 0 Å². The van der Waals surface area contributed by atoms with Gasteiger partial charge in [0.15, 0.2) is 0 Å². The average Bonchev–Trinajstić information content (AvgIpc) is 2.71. The summed E-state index contributed by atoms with van der Waals surface area (Å²) in [6.07, 6.45) is 10.8. The second kappa shape index (κ2) is 8.12. The van der Waals surface area contributed by atoms with Gasteiger partial charge in [0, 0.05) is 52.7 Å². The minimum absolute atomic E-state index is 0.205. The third-order valence-electron chi connectivity index (χ3n) is 5.59. The molecule has 1 aromatic carbocycles. The molecule has 0 unspecified atom stereocenters. The predicted octanol–water partition coefficient (Wildman–Crippen LogP) is 4.16. The van der Waals surface area contributed by atoms with Gasteiger partial charge in [0.05, 0.1) is 11.1 Å². The smallest absolute Gasteiger partial charge is 0.241 e. The summed E-state index contributed by atoms with van der Waals surface area (Å²) in [5.74, 6) is -0.399. The number of hydrogen-bond donors (Lipinski definition) is 2. The monoisotopic (exact) mass is 426 g/mol. The van der Waals surface area contributed by atoms with Crippen LogP contribution in [0.2, 0.25) is 0 Å². The van der Waals surface area contributed by atoms with Gasteiger partial charge in [-0.05, 0) is 49.9 Å². The molecular weight excluding hydrogens is 403 g/mol. The molecule has 0 amide bonds. The molecule has 0 bridgehead atoms. The van der Waals surface area contributed by atoms with Crippen molar-refractivity contribution >= 4 is 26.5 Å². The molecule has 0 spiro atoms. The topological polar surface area (TPSA) is 84.0 Å². The van der Waals surface area contributed by atoms with Crippen LogP contribution in [0.25, 0.3) is 10.8 Å². The lowest BCUT2D eigenvalue weighted by Crippen LogP contribution is -2.52. The molecule has 0 aliphatic heterocycles. The van der Waals surface area contributed by atoms with Crippen LogP contribution in [0.1, 0.15) is 31.2 Å². The Morgan fingerprint density at radius 3 is 2.57 bits per heavy atom. The molecule has 2 N–H and O–H groups in total. The lowest BCUT2D eigenvalue weighted by molar-refractivity contribution is 0.224. The van der Waals surface area contributed by atoms with Crippen LogP contribution in [0.4, 0.5) is 10.1 Å². The van der Waals surface area contributed by atoms with E-state index in [4.69, 9.17) is 0 Å². The first-order chi connectivity index (χ1) is 14.4. The molecule has 1 aliphatic rings. The fourth-order valence-corrected chi connectivity index (χ4v) is 5.54. The first-order valence-electron chi connectivity index (χ1n) is 9.78. The van der Waals surface area contributed by atoms with E-state index in [1.807, 2.05) is 0 Å². The molecule has 4 rings (SSSR count). The largest absolute Gasteiger partial charge is 0.380 e. The second-order valence-electron chi connectivity index (χ2n) is 7.59. The first kappa shape index (κ1) is 20.4.